The van der Waals surface area contributed by atoms with E-state index in [0.29, 0.717) is 25.9 Å². The van der Waals surface area contributed by atoms with Crippen molar-refractivity contribution in [2.75, 3.05) is 19.6 Å². The summed E-state index contributed by atoms with van der Waals surface area (Å²) in [7, 11) is 0. The van der Waals surface area contributed by atoms with Crippen LogP contribution < -0.4 is 11.1 Å². The second kappa shape index (κ2) is 8.44. The highest BCUT2D eigenvalue weighted by atomic mass is 16.2. The normalized spacial score (nSPS) is 18.3. The molecule has 4 amide bonds. The first kappa shape index (κ1) is 17.9. The SMILES string of the molecule is CC(c1ccccc1)N1CC(NC(=O)N(C=O)CCCN)CC1=O. The van der Waals surface area contributed by atoms with Crippen LogP contribution in [0.15, 0.2) is 30.3 Å². The van der Waals surface area contributed by atoms with Crippen molar-refractivity contribution in [1.82, 2.24) is 15.1 Å². The molecule has 0 saturated carbocycles. The molecule has 1 fully saturated rings. The number of hydrogen-bond donors (Lipinski definition) is 2. The Hall–Kier alpha value is -2.41. The minimum absolute atomic E-state index is 0.00346. The Kier molecular flexibility index (Phi) is 6.31. The second-order valence-electron chi connectivity index (χ2n) is 5.92. The Morgan fingerprint density at radius 1 is 1.46 bits per heavy atom. The molecule has 2 unspecified atom stereocenters. The predicted octanol–water partition coefficient (Wildman–Crippen LogP) is 0.865. The molecule has 24 heavy (non-hydrogen) atoms. The van der Waals surface area contributed by atoms with Crippen LogP contribution >= 0.6 is 0 Å². The molecule has 1 aliphatic heterocycles. The van der Waals surface area contributed by atoms with Crippen molar-refractivity contribution < 1.29 is 14.4 Å². The zero-order valence-corrected chi connectivity index (χ0v) is 13.9. The quantitative estimate of drug-likeness (QED) is 0.724. The zero-order chi connectivity index (χ0) is 17.5. The summed E-state index contributed by atoms with van der Waals surface area (Å²) in [6.45, 7) is 3.08. The van der Waals surface area contributed by atoms with E-state index in [-0.39, 0.29) is 31.0 Å². The second-order valence-corrected chi connectivity index (χ2v) is 5.92. The summed E-state index contributed by atoms with van der Waals surface area (Å²) in [6, 6.07) is 8.92. The van der Waals surface area contributed by atoms with Crippen LogP contribution in [-0.4, -0.2) is 53.8 Å². The molecule has 0 spiro atoms. The summed E-state index contributed by atoms with van der Waals surface area (Å²) in [4.78, 5) is 38.2. The number of carbonyl (C=O) groups excluding carboxylic acids is 3. The van der Waals surface area contributed by atoms with E-state index in [1.54, 1.807) is 4.90 Å². The Balaban J connectivity index is 1.94. The lowest BCUT2D eigenvalue weighted by atomic mass is 10.1. The molecule has 130 valence electrons. The lowest BCUT2D eigenvalue weighted by Crippen LogP contribution is -2.46. The monoisotopic (exact) mass is 332 g/mol. The molecule has 1 aromatic carbocycles. The molecule has 0 aliphatic carbocycles. The summed E-state index contributed by atoms with van der Waals surface area (Å²) >= 11 is 0. The van der Waals surface area contributed by atoms with E-state index in [0.717, 1.165) is 10.5 Å². The topological polar surface area (TPSA) is 95.7 Å². The number of rotatable bonds is 7. The maximum Gasteiger partial charge on any atom is 0.324 e. The average molecular weight is 332 g/mol. The fraction of sp³-hybridized carbons (Fsp3) is 0.471. The van der Waals surface area contributed by atoms with Gasteiger partial charge in [-0.15, -0.1) is 0 Å². The number of hydrogen-bond acceptors (Lipinski definition) is 4. The molecule has 1 aromatic rings. The number of urea groups is 1. The van der Waals surface area contributed by atoms with Gasteiger partial charge in [-0.2, -0.15) is 0 Å². The van der Waals surface area contributed by atoms with Crippen LogP contribution in [0.1, 0.15) is 31.4 Å². The van der Waals surface area contributed by atoms with Crippen LogP contribution in [0.3, 0.4) is 0 Å². The van der Waals surface area contributed by atoms with Gasteiger partial charge in [0.1, 0.15) is 0 Å². The minimum atomic E-state index is -0.481. The Morgan fingerprint density at radius 3 is 2.79 bits per heavy atom. The Labute approximate surface area is 141 Å². The van der Waals surface area contributed by atoms with Gasteiger partial charge in [0.2, 0.25) is 12.3 Å². The highest BCUT2D eigenvalue weighted by Crippen LogP contribution is 2.25. The third kappa shape index (κ3) is 4.32. The summed E-state index contributed by atoms with van der Waals surface area (Å²) in [6.07, 6.45) is 1.28. The highest BCUT2D eigenvalue weighted by molar-refractivity contribution is 5.86. The lowest BCUT2D eigenvalue weighted by molar-refractivity contribution is -0.129. The van der Waals surface area contributed by atoms with Crippen molar-refractivity contribution in [3.8, 4) is 0 Å². The number of amides is 4. The van der Waals surface area contributed by atoms with Gasteiger partial charge < -0.3 is 16.0 Å². The van der Waals surface area contributed by atoms with E-state index < -0.39 is 6.03 Å². The number of likely N-dealkylation sites (tertiary alicyclic amines) is 1. The molecule has 0 bridgehead atoms. The van der Waals surface area contributed by atoms with Gasteiger partial charge in [-0.05, 0) is 25.5 Å². The van der Waals surface area contributed by atoms with Crippen molar-refractivity contribution >= 4 is 18.3 Å². The smallest absolute Gasteiger partial charge is 0.324 e. The molecule has 2 rings (SSSR count). The molecule has 2 atom stereocenters. The molecule has 7 nitrogen and oxygen atoms in total. The standard InChI is InChI=1S/C17H24N4O3/c1-13(14-6-3-2-4-7-14)21-11-15(10-16(21)23)19-17(24)20(12-22)9-5-8-18/h2-4,6-7,12-13,15H,5,8-11,18H2,1H3,(H,19,24). The van der Waals surface area contributed by atoms with E-state index in [1.807, 2.05) is 37.3 Å². The average Bonchev–Trinajstić information content (AvgIpc) is 2.96. The first-order valence-corrected chi connectivity index (χ1v) is 8.13. The van der Waals surface area contributed by atoms with E-state index >= 15 is 0 Å². The molecule has 1 heterocycles. The van der Waals surface area contributed by atoms with Crippen molar-refractivity contribution in [1.29, 1.82) is 0 Å². The summed E-state index contributed by atoms with van der Waals surface area (Å²) in [5.41, 5.74) is 6.45. The lowest BCUT2D eigenvalue weighted by Gasteiger charge is -2.25. The number of benzene rings is 1. The number of nitrogens with zero attached hydrogens (tertiary/aromatic N) is 2. The Morgan fingerprint density at radius 2 is 2.17 bits per heavy atom. The van der Waals surface area contributed by atoms with Crippen molar-refractivity contribution in [3.05, 3.63) is 35.9 Å². The molecule has 3 N–H and O–H groups in total. The van der Waals surface area contributed by atoms with Gasteiger partial charge in [-0.25, -0.2) is 4.79 Å². The third-order valence-corrected chi connectivity index (χ3v) is 4.23. The molecule has 1 aliphatic rings. The largest absolute Gasteiger partial charge is 0.334 e. The van der Waals surface area contributed by atoms with Gasteiger partial charge in [-0.1, -0.05) is 30.3 Å². The fourth-order valence-electron chi connectivity index (χ4n) is 2.84. The van der Waals surface area contributed by atoms with Crippen molar-refractivity contribution in [2.45, 2.75) is 31.8 Å². The van der Waals surface area contributed by atoms with Crippen molar-refractivity contribution in [3.63, 3.8) is 0 Å². The minimum Gasteiger partial charge on any atom is -0.334 e. The number of carbonyl (C=O) groups is 3. The fourth-order valence-corrected chi connectivity index (χ4v) is 2.84. The third-order valence-electron chi connectivity index (χ3n) is 4.23. The van der Waals surface area contributed by atoms with Crippen LogP contribution in [0.25, 0.3) is 0 Å². The maximum absolute atomic E-state index is 12.3. The van der Waals surface area contributed by atoms with E-state index in [9.17, 15) is 14.4 Å². The number of nitrogens with one attached hydrogen (secondary N) is 1. The first-order chi connectivity index (χ1) is 11.6. The first-order valence-electron chi connectivity index (χ1n) is 8.13. The van der Waals surface area contributed by atoms with Crippen LogP contribution in [0.2, 0.25) is 0 Å². The molecule has 1 saturated heterocycles. The van der Waals surface area contributed by atoms with Gasteiger partial charge in [0.05, 0.1) is 12.1 Å². The maximum atomic E-state index is 12.3. The highest BCUT2D eigenvalue weighted by Gasteiger charge is 2.34. The molecule has 7 heteroatoms. The van der Waals surface area contributed by atoms with Crippen LogP contribution in [0.4, 0.5) is 4.79 Å². The van der Waals surface area contributed by atoms with Crippen LogP contribution in [0, 0.1) is 0 Å². The van der Waals surface area contributed by atoms with Gasteiger partial charge in [0.15, 0.2) is 0 Å². The van der Waals surface area contributed by atoms with Gasteiger partial charge in [0, 0.05) is 19.5 Å². The van der Waals surface area contributed by atoms with E-state index in [1.165, 1.54) is 0 Å². The van der Waals surface area contributed by atoms with Crippen LogP contribution in [-0.2, 0) is 9.59 Å². The molecule has 0 radical (unpaired) electrons. The number of imide groups is 1. The van der Waals surface area contributed by atoms with Crippen molar-refractivity contribution in [2.24, 2.45) is 5.73 Å². The summed E-state index contributed by atoms with van der Waals surface area (Å²) in [5.74, 6) is -0.00346. The molecule has 0 aromatic heterocycles. The number of nitrogens with two attached hydrogens (primary N) is 1. The molecular formula is C17H24N4O3. The Bertz CT molecular complexity index is 578. The van der Waals surface area contributed by atoms with Crippen LogP contribution in [0.5, 0.6) is 0 Å². The summed E-state index contributed by atoms with van der Waals surface area (Å²) < 4.78 is 0. The van der Waals surface area contributed by atoms with Gasteiger partial charge in [0.25, 0.3) is 0 Å². The van der Waals surface area contributed by atoms with Gasteiger partial charge >= 0.3 is 6.03 Å². The zero-order valence-electron chi connectivity index (χ0n) is 13.9. The van der Waals surface area contributed by atoms with Gasteiger partial charge in [-0.3, -0.25) is 14.5 Å². The summed E-state index contributed by atoms with van der Waals surface area (Å²) in [5, 5.41) is 2.76. The molecular weight excluding hydrogens is 308 g/mol. The predicted molar refractivity (Wildman–Crippen MR) is 89.9 cm³/mol. The van der Waals surface area contributed by atoms with E-state index in [2.05, 4.69) is 5.32 Å². The van der Waals surface area contributed by atoms with E-state index in [4.69, 9.17) is 5.73 Å².